The molecule has 0 unspecified atom stereocenters. The monoisotopic (exact) mass is 359 g/mol. The zero-order chi connectivity index (χ0) is 15.7. The van der Waals surface area contributed by atoms with Crippen molar-refractivity contribution in [3.63, 3.8) is 0 Å². The second kappa shape index (κ2) is 9.76. The van der Waals surface area contributed by atoms with Crippen molar-refractivity contribution in [1.29, 1.82) is 0 Å². The average Bonchev–Trinajstić information content (AvgIpc) is 2.45. The smallest absolute Gasteiger partial charge is 0.338 e. The zero-order valence-electron chi connectivity index (χ0n) is 12.5. The van der Waals surface area contributed by atoms with E-state index in [0.717, 1.165) is 0 Å². The minimum atomic E-state index is -0.949. The van der Waals surface area contributed by atoms with Crippen LogP contribution >= 0.6 is 15.9 Å². The molecule has 1 rings (SSSR count). The summed E-state index contributed by atoms with van der Waals surface area (Å²) in [4.78, 5) is 13.5. The predicted octanol–water partition coefficient (Wildman–Crippen LogP) is 3.03. The molecule has 0 amide bonds. The quantitative estimate of drug-likeness (QED) is 0.650. The summed E-state index contributed by atoms with van der Waals surface area (Å²) in [5.74, 6) is -0.949. The third kappa shape index (κ3) is 5.65. The molecule has 21 heavy (non-hydrogen) atoms. The number of aromatic carboxylic acids is 1. The lowest BCUT2D eigenvalue weighted by Crippen LogP contribution is -2.32. The lowest BCUT2D eigenvalue weighted by Gasteiger charge is -2.26. The number of ether oxygens (including phenoxy) is 2. The molecule has 0 saturated carbocycles. The number of rotatable bonds is 10. The largest absolute Gasteiger partial charge is 0.478 e. The molecule has 1 N–H and O–H groups in total. The molecule has 0 aliphatic rings. The summed E-state index contributed by atoms with van der Waals surface area (Å²) in [6.45, 7) is 7.50. The molecule has 0 saturated heterocycles. The van der Waals surface area contributed by atoms with Crippen LogP contribution in [0.3, 0.4) is 0 Å². The van der Waals surface area contributed by atoms with Crippen molar-refractivity contribution in [2.75, 3.05) is 44.4 Å². The summed E-state index contributed by atoms with van der Waals surface area (Å²) >= 11 is 3.31. The summed E-state index contributed by atoms with van der Waals surface area (Å²) < 4.78 is 11.3. The van der Waals surface area contributed by atoms with Crippen LogP contribution in [0, 0.1) is 0 Å². The van der Waals surface area contributed by atoms with Gasteiger partial charge in [-0.3, -0.25) is 0 Å². The van der Waals surface area contributed by atoms with Crippen LogP contribution in [-0.2, 0) is 9.47 Å². The predicted molar refractivity (Wildman–Crippen MR) is 86.3 cm³/mol. The normalized spacial score (nSPS) is 10.6. The molecule has 0 spiro atoms. The Balaban J connectivity index is 2.95. The van der Waals surface area contributed by atoms with Crippen LogP contribution in [0.15, 0.2) is 22.7 Å². The van der Waals surface area contributed by atoms with E-state index in [-0.39, 0.29) is 5.56 Å². The molecule has 0 aliphatic heterocycles. The van der Waals surface area contributed by atoms with E-state index < -0.39 is 5.97 Å². The lowest BCUT2D eigenvalue weighted by atomic mass is 10.1. The van der Waals surface area contributed by atoms with Crippen molar-refractivity contribution >= 4 is 27.6 Å². The SMILES string of the molecule is CCOCCN(CCOCC)c1cccc(Br)c1C(=O)O. The van der Waals surface area contributed by atoms with Gasteiger partial charge in [-0.15, -0.1) is 0 Å². The summed E-state index contributed by atoms with van der Waals surface area (Å²) in [5, 5.41) is 9.42. The fraction of sp³-hybridized carbons (Fsp3) is 0.533. The summed E-state index contributed by atoms with van der Waals surface area (Å²) in [5.41, 5.74) is 0.946. The second-order valence-corrected chi connectivity index (χ2v) is 5.17. The first kappa shape index (κ1) is 17.9. The van der Waals surface area contributed by atoms with Crippen LogP contribution in [0.4, 0.5) is 5.69 Å². The fourth-order valence-corrected chi connectivity index (χ4v) is 2.50. The highest BCUT2D eigenvalue weighted by Gasteiger charge is 2.18. The molecule has 0 atom stereocenters. The minimum Gasteiger partial charge on any atom is -0.478 e. The maximum Gasteiger partial charge on any atom is 0.338 e. The highest BCUT2D eigenvalue weighted by atomic mass is 79.9. The molecule has 0 aliphatic carbocycles. The van der Waals surface area contributed by atoms with Crippen LogP contribution < -0.4 is 4.90 Å². The average molecular weight is 360 g/mol. The molecule has 6 heteroatoms. The molecule has 0 radical (unpaired) electrons. The number of carboxylic acids is 1. The first-order chi connectivity index (χ1) is 10.1. The number of halogens is 1. The molecule has 0 heterocycles. The van der Waals surface area contributed by atoms with Gasteiger partial charge in [0.05, 0.1) is 24.5 Å². The molecule has 0 bridgehead atoms. The van der Waals surface area contributed by atoms with E-state index in [9.17, 15) is 9.90 Å². The van der Waals surface area contributed by atoms with Gasteiger partial charge in [-0.2, -0.15) is 0 Å². The molecule has 0 aromatic heterocycles. The lowest BCUT2D eigenvalue weighted by molar-refractivity contribution is 0.0696. The Labute approximate surface area is 134 Å². The highest BCUT2D eigenvalue weighted by molar-refractivity contribution is 9.10. The van der Waals surface area contributed by atoms with E-state index in [2.05, 4.69) is 15.9 Å². The van der Waals surface area contributed by atoms with Crippen LogP contribution in [-0.4, -0.2) is 50.6 Å². The van der Waals surface area contributed by atoms with Crippen molar-refractivity contribution in [2.24, 2.45) is 0 Å². The molecule has 118 valence electrons. The van der Waals surface area contributed by atoms with Gasteiger partial charge in [0.1, 0.15) is 0 Å². The second-order valence-electron chi connectivity index (χ2n) is 4.32. The summed E-state index contributed by atoms with van der Waals surface area (Å²) in [6.07, 6.45) is 0. The van der Waals surface area contributed by atoms with E-state index in [0.29, 0.717) is 49.7 Å². The molecule has 1 aromatic carbocycles. The maximum absolute atomic E-state index is 11.5. The van der Waals surface area contributed by atoms with E-state index in [1.165, 1.54) is 0 Å². The van der Waals surface area contributed by atoms with Gasteiger partial charge in [0.15, 0.2) is 0 Å². The Bertz CT molecular complexity index is 443. The Morgan fingerprint density at radius 1 is 1.19 bits per heavy atom. The van der Waals surface area contributed by atoms with Gasteiger partial charge in [0, 0.05) is 30.8 Å². The van der Waals surface area contributed by atoms with Gasteiger partial charge in [-0.25, -0.2) is 4.79 Å². The van der Waals surface area contributed by atoms with Crippen LogP contribution in [0.25, 0.3) is 0 Å². The number of nitrogens with zero attached hydrogens (tertiary/aromatic N) is 1. The highest BCUT2D eigenvalue weighted by Crippen LogP contribution is 2.27. The standard InChI is InChI=1S/C15H22BrNO4/c1-3-20-10-8-17(9-11-21-4-2)13-7-5-6-12(16)14(13)15(18)19/h5-7H,3-4,8-11H2,1-2H3,(H,18,19). The zero-order valence-corrected chi connectivity index (χ0v) is 14.1. The summed E-state index contributed by atoms with van der Waals surface area (Å²) in [7, 11) is 0. The maximum atomic E-state index is 11.5. The van der Waals surface area contributed by atoms with E-state index in [1.807, 2.05) is 30.9 Å². The Hall–Kier alpha value is -1.11. The number of hydrogen-bond acceptors (Lipinski definition) is 4. The van der Waals surface area contributed by atoms with E-state index >= 15 is 0 Å². The number of anilines is 1. The molecule has 1 aromatic rings. The Morgan fingerprint density at radius 3 is 2.24 bits per heavy atom. The number of benzene rings is 1. The third-order valence-corrected chi connectivity index (χ3v) is 3.63. The van der Waals surface area contributed by atoms with Crippen LogP contribution in [0.2, 0.25) is 0 Å². The van der Waals surface area contributed by atoms with Crippen molar-refractivity contribution in [1.82, 2.24) is 0 Å². The number of carboxylic acid groups (broad SMARTS) is 1. The van der Waals surface area contributed by atoms with Gasteiger partial charge < -0.3 is 19.5 Å². The fourth-order valence-electron chi connectivity index (χ4n) is 1.98. The molecular weight excluding hydrogens is 338 g/mol. The van der Waals surface area contributed by atoms with Crippen LogP contribution in [0.1, 0.15) is 24.2 Å². The topological polar surface area (TPSA) is 59.0 Å². The van der Waals surface area contributed by atoms with Gasteiger partial charge in [0.25, 0.3) is 0 Å². The van der Waals surface area contributed by atoms with Gasteiger partial charge in [-0.1, -0.05) is 6.07 Å². The van der Waals surface area contributed by atoms with Gasteiger partial charge >= 0.3 is 5.97 Å². The van der Waals surface area contributed by atoms with Gasteiger partial charge in [-0.05, 0) is 41.9 Å². The molecular formula is C15H22BrNO4. The minimum absolute atomic E-state index is 0.269. The van der Waals surface area contributed by atoms with Crippen molar-refractivity contribution < 1.29 is 19.4 Å². The van der Waals surface area contributed by atoms with Gasteiger partial charge in [0.2, 0.25) is 0 Å². The first-order valence-corrected chi connectivity index (χ1v) is 7.83. The Morgan fingerprint density at radius 2 is 1.76 bits per heavy atom. The summed E-state index contributed by atoms with van der Waals surface area (Å²) in [6, 6.07) is 5.38. The third-order valence-electron chi connectivity index (χ3n) is 2.97. The first-order valence-electron chi connectivity index (χ1n) is 7.04. The van der Waals surface area contributed by atoms with Crippen molar-refractivity contribution in [3.05, 3.63) is 28.2 Å². The van der Waals surface area contributed by atoms with E-state index in [4.69, 9.17) is 9.47 Å². The Kier molecular flexibility index (Phi) is 8.34. The number of hydrogen-bond donors (Lipinski definition) is 1. The van der Waals surface area contributed by atoms with Crippen molar-refractivity contribution in [3.8, 4) is 0 Å². The van der Waals surface area contributed by atoms with Crippen molar-refractivity contribution in [2.45, 2.75) is 13.8 Å². The number of carbonyl (C=O) groups is 1. The van der Waals surface area contributed by atoms with E-state index in [1.54, 1.807) is 6.07 Å². The molecule has 5 nitrogen and oxygen atoms in total. The van der Waals surface area contributed by atoms with Crippen LogP contribution in [0.5, 0.6) is 0 Å². The molecule has 0 fully saturated rings.